The summed E-state index contributed by atoms with van der Waals surface area (Å²) in [5, 5.41) is 0.295. The molecular weight excluding hydrogens is 248 g/mol. The van der Waals surface area contributed by atoms with Crippen molar-refractivity contribution in [3.05, 3.63) is 42.5 Å². The first-order valence-corrected chi connectivity index (χ1v) is 10.0. The lowest BCUT2D eigenvalue weighted by Gasteiger charge is -2.36. The van der Waals surface area contributed by atoms with E-state index in [-0.39, 0.29) is 0 Å². The van der Waals surface area contributed by atoms with Gasteiger partial charge in [-0.25, -0.2) is 0 Å². The van der Waals surface area contributed by atoms with Gasteiger partial charge in [-0.05, 0) is 42.1 Å². The topological polar surface area (TPSA) is 9.23 Å². The van der Waals surface area contributed by atoms with E-state index < -0.39 is 8.32 Å². The molecule has 0 N–H and O–H groups in total. The van der Waals surface area contributed by atoms with Crippen molar-refractivity contribution in [2.45, 2.75) is 51.7 Å². The molecule has 2 heteroatoms. The molecule has 0 aromatic heterocycles. The molecule has 0 aliphatic heterocycles. The highest BCUT2D eigenvalue weighted by atomic mass is 28.4. The van der Waals surface area contributed by atoms with Crippen LogP contribution in [0.3, 0.4) is 0 Å². The van der Waals surface area contributed by atoms with Crippen molar-refractivity contribution in [1.82, 2.24) is 0 Å². The molecule has 1 aromatic carbocycles. The van der Waals surface area contributed by atoms with Gasteiger partial charge in [0.05, 0.1) is 0 Å². The summed E-state index contributed by atoms with van der Waals surface area (Å²) in [6, 6.07) is 10.4. The maximum atomic E-state index is 6.18. The summed E-state index contributed by atoms with van der Waals surface area (Å²) in [5.74, 6) is 0. The van der Waals surface area contributed by atoms with E-state index in [2.05, 4.69) is 64.7 Å². The molecule has 0 unspecified atom stereocenters. The fraction of sp³-hybridized carbons (Fsp3) is 0.529. The maximum absolute atomic E-state index is 6.18. The molecule has 19 heavy (non-hydrogen) atoms. The minimum atomic E-state index is -1.59. The van der Waals surface area contributed by atoms with Crippen LogP contribution in [0.15, 0.2) is 36.9 Å². The summed E-state index contributed by atoms with van der Waals surface area (Å²) in [7, 11) is -1.59. The predicted molar refractivity (Wildman–Crippen MR) is 87.9 cm³/mol. The first-order valence-electron chi connectivity index (χ1n) is 7.11. The van der Waals surface area contributed by atoms with Crippen molar-refractivity contribution >= 4 is 13.9 Å². The summed E-state index contributed by atoms with van der Waals surface area (Å²) in [6.45, 7) is 16.5. The number of rotatable bonds is 6. The Balaban J connectivity index is 2.34. The van der Waals surface area contributed by atoms with Crippen molar-refractivity contribution in [1.29, 1.82) is 0 Å². The van der Waals surface area contributed by atoms with Crippen LogP contribution < -0.4 is 0 Å². The average Bonchev–Trinajstić information content (AvgIpc) is 2.34. The van der Waals surface area contributed by atoms with Gasteiger partial charge >= 0.3 is 0 Å². The van der Waals surface area contributed by atoms with Crippen LogP contribution in [0.4, 0.5) is 0 Å². The van der Waals surface area contributed by atoms with Gasteiger partial charge in [0.25, 0.3) is 0 Å². The largest absolute Gasteiger partial charge is 0.417 e. The third kappa shape index (κ3) is 4.96. The van der Waals surface area contributed by atoms with E-state index in [9.17, 15) is 0 Å². The third-order valence-corrected chi connectivity index (χ3v) is 8.61. The lowest BCUT2D eigenvalue weighted by atomic mass is 10.0. The molecule has 0 saturated heterocycles. The lowest BCUT2D eigenvalue weighted by molar-refractivity contribution is 0.284. The Labute approximate surface area is 119 Å². The Morgan fingerprint density at radius 1 is 1.16 bits per heavy atom. The highest BCUT2D eigenvalue weighted by molar-refractivity contribution is 6.74. The molecule has 1 rings (SSSR count). The molecule has 0 radical (unpaired) electrons. The first-order chi connectivity index (χ1) is 8.74. The van der Waals surface area contributed by atoms with Gasteiger partial charge in [0.1, 0.15) is 0 Å². The molecule has 0 saturated carbocycles. The first kappa shape index (κ1) is 16.2. The predicted octanol–water partition coefficient (Wildman–Crippen LogP) is 5.50. The van der Waals surface area contributed by atoms with E-state index in [1.165, 1.54) is 11.1 Å². The van der Waals surface area contributed by atoms with Crippen LogP contribution in [0, 0.1) is 0 Å². The zero-order valence-electron chi connectivity index (χ0n) is 13.1. The zero-order chi connectivity index (χ0) is 14.5. The SMILES string of the molecule is C=C(CCCO[Si](C)(C)C(C)(C)C)c1ccccc1. The van der Waals surface area contributed by atoms with Crippen LogP contribution in [0.2, 0.25) is 18.1 Å². The molecular formula is C17H28OSi. The normalized spacial score (nSPS) is 12.5. The van der Waals surface area contributed by atoms with Crippen LogP contribution in [0.5, 0.6) is 0 Å². The van der Waals surface area contributed by atoms with E-state index in [0.29, 0.717) is 5.04 Å². The quantitative estimate of drug-likeness (QED) is 0.492. The highest BCUT2D eigenvalue weighted by Gasteiger charge is 2.36. The Morgan fingerprint density at radius 2 is 1.74 bits per heavy atom. The molecule has 0 heterocycles. The number of allylic oxidation sites excluding steroid dienone is 1. The van der Waals surface area contributed by atoms with Gasteiger partial charge in [-0.1, -0.05) is 57.7 Å². The number of hydrogen-bond acceptors (Lipinski definition) is 1. The Kier molecular flexibility index (Phi) is 5.57. The van der Waals surface area contributed by atoms with Crippen LogP contribution in [0.1, 0.15) is 39.2 Å². The van der Waals surface area contributed by atoms with E-state index in [1.807, 2.05) is 6.07 Å². The average molecular weight is 276 g/mol. The molecule has 0 amide bonds. The zero-order valence-corrected chi connectivity index (χ0v) is 14.1. The van der Waals surface area contributed by atoms with Crippen LogP contribution in [-0.2, 0) is 4.43 Å². The van der Waals surface area contributed by atoms with Gasteiger partial charge in [-0.15, -0.1) is 0 Å². The smallest absolute Gasteiger partial charge is 0.191 e. The molecule has 0 aliphatic carbocycles. The fourth-order valence-electron chi connectivity index (χ4n) is 1.65. The second kappa shape index (κ2) is 6.53. The Hall–Kier alpha value is -0.863. The summed E-state index contributed by atoms with van der Waals surface area (Å²) in [4.78, 5) is 0. The molecule has 0 aliphatic rings. The Bertz CT molecular complexity index is 401. The van der Waals surface area contributed by atoms with Gasteiger partial charge in [0.2, 0.25) is 0 Å². The molecule has 1 aromatic rings. The molecule has 0 spiro atoms. The molecule has 0 bridgehead atoms. The molecule has 0 atom stereocenters. The minimum Gasteiger partial charge on any atom is -0.417 e. The van der Waals surface area contributed by atoms with Crippen molar-refractivity contribution in [2.75, 3.05) is 6.61 Å². The number of hydrogen-bond donors (Lipinski definition) is 0. The summed E-state index contributed by atoms with van der Waals surface area (Å²) >= 11 is 0. The second-order valence-electron chi connectivity index (χ2n) is 6.68. The monoisotopic (exact) mass is 276 g/mol. The van der Waals surface area contributed by atoms with Crippen molar-refractivity contribution in [3.63, 3.8) is 0 Å². The van der Waals surface area contributed by atoms with Gasteiger partial charge in [0.15, 0.2) is 8.32 Å². The minimum absolute atomic E-state index is 0.295. The summed E-state index contributed by atoms with van der Waals surface area (Å²) in [5.41, 5.74) is 2.45. The maximum Gasteiger partial charge on any atom is 0.191 e. The van der Waals surface area contributed by atoms with Gasteiger partial charge in [-0.3, -0.25) is 0 Å². The van der Waals surface area contributed by atoms with Crippen molar-refractivity contribution in [2.24, 2.45) is 0 Å². The summed E-state index contributed by atoms with van der Waals surface area (Å²) < 4.78 is 6.18. The van der Waals surface area contributed by atoms with E-state index >= 15 is 0 Å². The standard InChI is InChI=1S/C17H28OSi/c1-15(16-12-8-7-9-13-16)11-10-14-18-19(5,6)17(2,3)4/h7-9,12-13H,1,10-11,14H2,2-6H3. The molecule has 1 nitrogen and oxygen atoms in total. The fourth-order valence-corrected chi connectivity index (χ4v) is 2.74. The highest BCUT2D eigenvalue weighted by Crippen LogP contribution is 2.36. The van der Waals surface area contributed by atoms with Crippen LogP contribution in [-0.4, -0.2) is 14.9 Å². The number of benzene rings is 1. The molecule has 0 fully saturated rings. The van der Waals surface area contributed by atoms with Gasteiger partial charge in [-0.2, -0.15) is 0 Å². The van der Waals surface area contributed by atoms with Crippen LogP contribution >= 0.6 is 0 Å². The van der Waals surface area contributed by atoms with E-state index in [4.69, 9.17) is 4.43 Å². The third-order valence-electron chi connectivity index (χ3n) is 4.07. The van der Waals surface area contributed by atoms with E-state index in [0.717, 1.165) is 19.4 Å². The Morgan fingerprint density at radius 3 is 2.26 bits per heavy atom. The molecule has 106 valence electrons. The van der Waals surface area contributed by atoms with E-state index in [1.54, 1.807) is 0 Å². The lowest BCUT2D eigenvalue weighted by Crippen LogP contribution is -2.40. The van der Waals surface area contributed by atoms with Crippen molar-refractivity contribution < 1.29 is 4.43 Å². The van der Waals surface area contributed by atoms with Gasteiger partial charge < -0.3 is 4.43 Å². The van der Waals surface area contributed by atoms with Crippen LogP contribution in [0.25, 0.3) is 5.57 Å². The van der Waals surface area contributed by atoms with Gasteiger partial charge in [0, 0.05) is 6.61 Å². The van der Waals surface area contributed by atoms with Crippen molar-refractivity contribution in [3.8, 4) is 0 Å². The summed E-state index contributed by atoms with van der Waals surface area (Å²) in [6.07, 6.45) is 2.07. The second-order valence-corrected chi connectivity index (χ2v) is 11.5.